The Morgan fingerprint density at radius 2 is 1.90 bits per heavy atom. The van der Waals surface area contributed by atoms with Gasteiger partial charge in [-0.05, 0) is 47.0 Å². The van der Waals surface area contributed by atoms with Gasteiger partial charge >= 0.3 is 0 Å². The van der Waals surface area contributed by atoms with E-state index >= 15 is 0 Å². The lowest BCUT2D eigenvalue weighted by Gasteiger charge is -2.36. The highest BCUT2D eigenvalue weighted by Gasteiger charge is 2.37. The molecule has 9 heteroatoms. The summed E-state index contributed by atoms with van der Waals surface area (Å²) in [6, 6.07) is 8.99. The molecule has 29 heavy (non-hydrogen) atoms. The third-order valence-corrected chi connectivity index (χ3v) is 5.81. The fourth-order valence-corrected chi connectivity index (χ4v) is 3.96. The van der Waals surface area contributed by atoms with Crippen LogP contribution in [0.25, 0.3) is 11.1 Å². The Labute approximate surface area is 172 Å². The number of amides is 2. The van der Waals surface area contributed by atoms with Crippen LogP contribution in [0.1, 0.15) is 23.5 Å². The minimum Gasteiger partial charge on any atom is -0.356 e. The average Bonchev–Trinajstić information content (AvgIpc) is 3.41. The number of carbonyl (C=O) groups is 2. The molecule has 0 spiro atoms. The van der Waals surface area contributed by atoms with Gasteiger partial charge in [0.1, 0.15) is 6.04 Å². The van der Waals surface area contributed by atoms with E-state index in [-0.39, 0.29) is 17.5 Å². The predicted octanol–water partition coefficient (Wildman–Crippen LogP) is 2.61. The van der Waals surface area contributed by atoms with Gasteiger partial charge in [-0.3, -0.25) is 14.5 Å². The molecule has 1 aromatic carbocycles. The topological polar surface area (TPSA) is 90.7 Å². The zero-order valence-electron chi connectivity index (χ0n) is 16.2. The first kappa shape index (κ1) is 19.2. The fourth-order valence-electron chi connectivity index (χ4n) is 3.30. The maximum absolute atomic E-state index is 12.8. The fraction of sp³-hybridized carbons (Fsp3) is 0.250. The summed E-state index contributed by atoms with van der Waals surface area (Å²) in [4.78, 5) is 32.4. The van der Waals surface area contributed by atoms with Gasteiger partial charge in [-0.15, -0.1) is 0 Å². The molecular formula is C20H21N5O3S. The van der Waals surface area contributed by atoms with Crippen LogP contribution in [-0.4, -0.2) is 51.8 Å². The van der Waals surface area contributed by atoms with Gasteiger partial charge in [0.25, 0.3) is 5.91 Å². The molecule has 3 heterocycles. The number of nitrogens with one attached hydrogen (secondary N) is 1. The molecule has 1 aliphatic rings. The Kier molecular flexibility index (Phi) is 4.85. The summed E-state index contributed by atoms with van der Waals surface area (Å²) in [5, 5.41) is 17.1. The van der Waals surface area contributed by atoms with E-state index in [1.807, 2.05) is 35.7 Å². The van der Waals surface area contributed by atoms with Crippen molar-refractivity contribution in [1.29, 1.82) is 0 Å². The van der Waals surface area contributed by atoms with Crippen molar-refractivity contribution < 1.29 is 14.7 Å². The van der Waals surface area contributed by atoms with Gasteiger partial charge in [0.2, 0.25) is 12.3 Å². The number of thiophene rings is 1. The molecule has 4 rings (SSSR count). The number of aromatic nitrogens is 2. The van der Waals surface area contributed by atoms with Gasteiger partial charge < -0.3 is 19.9 Å². The third kappa shape index (κ3) is 3.28. The highest BCUT2D eigenvalue weighted by molar-refractivity contribution is 7.08. The molecule has 2 aromatic heterocycles. The number of aliphatic hydroxyl groups excluding tert-OH is 1. The summed E-state index contributed by atoms with van der Waals surface area (Å²) in [5.41, 5.74) is 3.16. The van der Waals surface area contributed by atoms with Crippen LogP contribution in [0.5, 0.6) is 0 Å². The Balaban J connectivity index is 1.54. The molecule has 8 nitrogen and oxygen atoms in total. The van der Waals surface area contributed by atoms with Gasteiger partial charge in [-0.25, -0.2) is 4.98 Å². The second kappa shape index (κ2) is 7.34. The summed E-state index contributed by atoms with van der Waals surface area (Å²) < 4.78 is 1.53. The van der Waals surface area contributed by atoms with Crippen LogP contribution in [0.2, 0.25) is 0 Å². The number of hydrogen-bond donors (Lipinski definition) is 2. The highest BCUT2D eigenvalue weighted by atomic mass is 32.1. The summed E-state index contributed by atoms with van der Waals surface area (Å²) in [6.45, 7) is 1.70. The van der Waals surface area contributed by atoms with Gasteiger partial charge in [0.15, 0.2) is 11.5 Å². The van der Waals surface area contributed by atoms with Crippen molar-refractivity contribution in [3.8, 4) is 11.1 Å². The van der Waals surface area contributed by atoms with Crippen molar-refractivity contribution in [1.82, 2.24) is 14.5 Å². The molecule has 1 unspecified atom stereocenters. The molecular weight excluding hydrogens is 390 g/mol. The first-order chi connectivity index (χ1) is 13.9. The number of benzene rings is 1. The lowest BCUT2D eigenvalue weighted by molar-refractivity contribution is -0.118. The standard InChI is InChI=1S/C20H21N5O3S/c1-12(25-11-21-17-16(25)19(27)24(3)20(28)23(17)2)18(26)22-15-6-4-13(5-7-15)14-8-9-29-10-14/h4-12,20,28H,1-3H3,(H,22,26)/t12-,20?/m1/s1. The van der Waals surface area contributed by atoms with Crippen molar-refractivity contribution in [2.24, 2.45) is 0 Å². The Bertz CT molecular complexity index is 1040. The molecule has 0 saturated heterocycles. The lowest BCUT2D eigenvalue weighted by atomic mass is 10.1. The van der Waals surface area contributed by atoms with E-state index < -0.39 is 12.4 Å². The van der Waals surface area contributed by atoms with E-state index in [1.165, 1.54) is 27.7 Å². The van der Waals surface area contributed by atoms with Gasteiger partial charge in [-0.2, -0.15) is 11.3 Å². The van der Waals surface area contributed by atoms with E-state index in [4.69, 9.17) is 0 Å². The van der Waals surface area contributed by atoms with Crippen LogP contribution in [0.4, 0.5) is 11.5 Å². The van der Waals surface area contributed by atoms with Crippen molar-refractivity contribution in [2.75, 3.05) is 24.3 Å². The smallest absolute Gasteiger partial charge is 0.277 e. The summed E-state index contributed by atoms with van der Waals surface area (Å²) in [5.74, 6) is -0.305. The molecule has 3 aromatic rings. The summed E-state index contributed by atoms with van der Waals surface area (Å²) >= 11 is 1.63. The lowest BCUT2D eigenvalue weighted by Crippen LogP contribution is -2.52. The average molecular weight is 411 g/mol. The Morgan fingerprint density at radius 3 is 2.55 bits per heavy atom. The van der Waals surface area contributed by atoms with E-state index in [1.54, 1.807) is 25.3 Å². The van der Waals surface area contributed by atoms with Crippen LogP contribution in [0.15, 0.2) is 47.4 Å². The molecule has 0 fully saturated rings. The van der Waals surface area contributed by atoms with E-state index in [0.717, 1.165) is 11.1 Å². The SMILES string of the molecule is C[C@H](C(=O)Nc1ccc(-c2ccsc2)cc1)n1cnc2c1C(=O)N(C)C(O)N2C. The van der Waals surface area contributed by atoms with Crippen molar-refractivity contribution in [2.45, 2.75) is 19.3 Å². The molecule has 2 atom stereocenters. The molecule has 2 amide bonds. The van der Waals surface area contributed by atoms with E-state index in [9.17, 15) is 14.7 Å². The van der Waals surface area contributed by atoms with Crippen LogP contribution < -0.4 is 10.2 Å². The van der Waals surface area contributed by atoms with Crippen LogP contribution in [0.3, 0.4) is 0 Å². The first-order valence-corrected chi connectivity index (χ1v) is 10.0. The third-order valence-electron chi connectivity index (χ3n) is 5.13. The van der Waals surface area contributed by atoms with Crippen LogP contribution >= 0.6 is 11.3 Å². The first-order valence-electron chi connectivity index (χ1n) is 9.07. The normalized spacial score (nSPS) is 17.2. The number of imidazole rings is 1. The van der Waals surface area contributed by atoms with Gasteiger partial charge in [0, 0.05) is 19.8 Å². The zero-order valence-corrected chi connectivity index (χ0v) is 17.1. The van der Waals surface area contributed by atoms with Crippen molar-refractivity contribution in [3.63, 3.8) is 0 Å². The van der Waals surface area contributed by atoms with E-state index in [0.29, 0.717) is 11.5 Å². The molecule has 0 bridgehead atoms. The molecule has 1 aliphatic heterocycles. The Hall–Kier alpha value is -3.17. The molecule has 2 N–H and O–H groups in total. The molecule has 0 aliphatic carbocycles. The van der Waals surface area contributed by atoms with Crippen LogP contribution in [0, 0.1) is 0 Å². The highest BCUT2D eigenvalue weighted by Crippen LogP contribution is 2.29. The zero-order chi connectivity index (χ0) is 20.7. The predicted molar refractivity (Wildman–Crippen MR) is 112 cm³/mol. The second-order valence-corrected chi connectivity index (χ2v) is 7.73. The van der Waals surface area contributed by atoms with E-state index in [2.05, 4.69) is 15.7 Å². The molecule has 0 radical (unpaired) electrons. The number of rotatable bonds is 4. The van der Waals surface area contributed by atoms with Crippen molar-refractivity contribution >= 4 is 34.7 Å². The minimum absolute atomic E-state index is 0.266. The van der Waals surface area contributed by atoms with Gasteiger partial charge in [0.05, 0.1) is 6.33 Å². The largest absolute Gasteiger partial charge is 0.356 e. The maximum atomic E-state index is 12.8. The number of anilines is 2. The Morgan fingerprint density at radius 1 is 1.17 bits per heavy atom. The quantitative estimate of drug-likeness (QED) is 0.689. The summed E-state index contributed by atoms with van der Waals surface area (Å²) in [7, 11) is 3.15. The number of fused-ring (bicyclic) bond motifs is 1. The number of nitrogens with zero attached hydrogens (tertiary/aromatic N) is 4. The van der Waals surface area contributed by atoms with Gasteiger partial charge in [-0.1, -0.05) is 12.1 Å². The molecule has 150 valence electrons. The number of carbonyl (C=O) groups excluding carboxylic acids is 2. The summed E-state index contributed by atoms with van der Waals surface area (Å²) in [6.07, 6.45) is 0.360. The molecule has 0 saturated carbocycles. The minimum atomic E-state index is -1.09. The monoisotopic (exact) mass is 411 g/mol. The number of aliphatic hydroxyl groups is 1. The second-order valence-electron chi connectivity index (χ2n) is 6.95. The van der Waals surface area contributed by atoms with Crippen LogP contribution in [-0.2, 0) is 4.79 Å². The maximum Gasteiger partial charge on any atom is 0.277 e. The number of hydrogen-bond acceptors (Lipinski definition) is 6. The van der Waals surface area contributed by atoms with Crippen molar-refractivity contribution in [3.05, 3.63) is 53.1 Å².